The van der Waals surface area contributed by atoms with E-state index in [4.69, 9.17) is 10.8 Å². The van der Waals surface area contributed by atoms with E-state index in [1.807, 2.05) is 25.3 Å². The van der Waals surface area contributed by atoms with E-state index in [2.05, 4.69) is 5.32 Å². The van der Waals surface area contributed by atoms with Crippen molar-refractivity contribution >= 4 is 29.7 Å². The predicted octanol–water partition coefficient (Wildman–Crippen LogP) is -0.749. The van der Waals surface area contributed by atoms with Crippen molar-refractivity contribution in [1.29, 1.82) is 0 Å². The topological polar surface area (TPSA) is 116 Å². The smallest absolute Gasteiger partial charge is 0.323 e. The number of carbonyl (C=O) groups is 3. The number of nitrogens with one attached hydrogen (secondary N) is 1. The maximum Gasteiger partial charge on any atom is 0.323 e. The van der Waals surface area contributed by atoms with Gasteiger partial charge in [-0.05, 0) is 32.5 Å². The summed E-state index contributed by atoms with van der Waals surface area (Å²) in [5.41, 5.74) is 5.07. The van der Waals surface area contributed by atoms with E-state index >= 15 is 0 Å². The first-order valence-corrected chi connectivity index (χ1v) is 7.87. The highest BCUT2D eigenvalue weighted by Crippen LogP contribution is 2.05. The lowest BCUT2D eigenvalue weighted by molar-refractivity contribution is -0.145. The van der Waals surface area contributed by atoms with Crippen molar-refractivity contribution in [1.82, 2.24) is 15.1 Å². The number of hydrogen-bond acceptors (Lipinski definition) is 5. The molecule has 1 atom stereocenters. The molecule has 3 amide bonds. The number of primary amides is 1. The fourth-order valence-corrected chi connectivity index (χ4v) is 2.11. The number of urea groups is 1. The van der Waals surface area contributed by atoms with Gasteiger partial charge in [-0.2, -0.15) is 11.8 Å². The van der Waals surface area contributed by atoms with Crippen LogP contribution in [0.2, 0.25) is 0 Å². The summed E-state index contributed by atoms with van der Waals surface area (Å²) in [4.78, 5) is 37.4. The second-order valence-corrected chi connectivity index (χ2v) is 5.79. The van der Waals surface area contributed by atoms with Crippen molar-refractivity contribution in [3.05, 3.63) is 0 Å². The van der Waals surface area contributed by atoms with Crippen LogP contribution < -0.4 is 11.1 Å². The van der Waals surface area contributed by atoms with Crippen LogP contribution in [0.3, 0.4) is 0 Å². The molecule has 0 heterocycles. The minimum atomic E-state index is -1.09. The number of carboxylic acid groups (broad SMARTS) is 1. The largest absolute Gasteiger partial charge is 0.480 e. The van der Waals surface area contributed by atoms with E-state index in [0.29, 0.717) is 18.7 Å². The van der Waals surface area contributed by atoms with Gasteiger partial charge in [-0.3, -0.25) is 9.59 Å². The van der Waals surface area contributed by atoms with Crippen LogP contribution in [0, 0.1) is 0 Å². The van der Waals surface area contributed by atoms with E-state index in [9.17, 15) is 14.4 Å². The van der Waals surface area contributed by atoms with Gasteiger partial charge in [0, 0.05) is 13.1 Å². The average Bonchev–Trinajstić information content (AvgIpc) is 2.37. The monoisotopic (exact) mass is 320 g/mol. The van der Waals surface area contributed by atoms with E-state index in [1.54, 1.807) is 0 Å². The molecule has 0 saturated carbocycles. The van der Waals surface area contributed by atoms with E-state index in [-0.39, 0.29) is 6.54 Å². The van der Waals surface area contributed by atoms with Crippen molar-refractivity contribution in [3.63, 3.8) is 0 Å². The molecule has 0 spiro atoms. The molecule has 122 valence electrons. The summed E-state index contributed by atoms with van der Waals surface area (Å²) in [7, 11) is 3.66. The Labute approximate surface area is 129 Å². The van der Waals surface area contributed by atoms with Crippen LogP contribution in [-0.4, -0.2) is 84.6 Å². The van der Waals surface area contributed by atoms with E-state index in [1.165, 1.54) is 16.7 Å². The highest BCUT2D eigenvalue weighted by atomic mass is 32.2. The molecule has 0 aliphatic carbocycles. The van der Waals surface area contributed by atoms with E-state index < -0.39 is 30.5 Å². The average molecular weight is 320 g/mol. The highest BCUT2D eigenvalue weighted by Gasteiger charge is 2.26. The normalized spacial score (nSPS) is 12.0. The van der Waals surface area contributed by atoms with Gasteiger partial charge in [-0.25, -0.2) is 4.79 Å². The lowest BCUT2D eigenvalue weighted by Gasteiger charge is -2.27. The third-order valence-electron chi connectivity index (χ3n) is 2.68. The molecule has 0 bridgehead atoms. The Morgan fingerprint density at radius 3 is 2.33 bits per heavy atom. The lowest BCUT2D eigenvalue weighted by Crippen LogP contribution is -2.52. The fourth-order valence-electron chi connectivity index (χ4n) is 1.64. The van der Waals surface area contributed by atoms with Gasteiger partial charge < -0.3 is 26.0 Å². The van der Waals surface area contributed by atoms with Crippen molar-refractivity contribution in [3.8, 4) is 0 Å². The zero-order chi connectivity index (χ0) is 16.4. The summed E-state index contributed by atoms with van der Waals surface area (Å²) in [5, 5.41) is 11.3. The number of amides is 3. The maximum atomic E-state index is 12.4. The van der Waals surface area contributed by atoms with E-state index in [0.717, 1.165) is 0 Å². The molecule has 0 aromatic heterocycles. The fraction of sp³-hybridized carbons (Fsp3) is 0.750. The molecule has 0 aromatic rings. The maximum absolute atomic E-state index is 12.4. The number of carboxylic acids is 1. The summed E-state index contributed by atoms with van der Waals surface area (Å²) in [5.74, 6) is -0.859. The number of thioether (sulfide) groups is 1. The third-order valence-corrected chi connectivity index (χ3v) is 3.32. The van der Waals surface area contributed by atoms with Gasteiger partial charge in [0.15, 0.2) is 0 Å². The molecule has 4 N–H and O–H groups in total. The number of hydrogen-bond donors (Lipinski definition) is 3. The molecule has 0 saturated heterocycles. The summed E-state index contributed by atoms with van der Waals surface area (Å²) in [6.07, 6.45) is 2.29. The first-order valence-electron chi connectivity index (χ1n) is 6.48. The zero-order valence-corrected chi connectivity index (χ0v) is 13.5. The molecule has 0 aromatic carbocycles. The number of carbonyl (C=O) groups excluding carboxylic acids is 2. The zero-order valence-electron chi connectivity index (χ0n) is 12.7. The Hall–Kier alpha value is -1.48. The first-order chi connectivity index (χ1) is 9.77. The summed E-state index contributed by atoms with van der Waals surface area (Å²) < 4.78 is 0. The third kappa shape index (κ3) is 9.14. The van der Waals surface area contributed by atoms with Crippen LogP contribution in [0.1, 0.15) is 6.42 Å². The number of nitrogens with two attached hydrogens (primary N) is 1. The van der Waals surface area contributed by atoms with Gasteiger partial charge in [-0.1, -0.05) is 0 Å². The Bertz CT molecular complexity index is 365. The second-order valence-electron chi connectivity index (χ2n) is 4.80. The van der Waals surface area contributed by atoms with Crippen LogP contribution in [-0.2, 0) is 9.59 Å². The summed E-state index contributed by atoms with van der Waals surface area (Å²) in [6.45, 7) is 0.405. The summed E-state index contributed by atoms with van der Waals surface area (Å²) in [6, 6.07) is -1.59. The predicted molar refractivity (Wildman–Crippen MR) is 82.3 cm³/mol. The van der Waals surface area contributed by atoms with Gasteiger partial charge in [0.25, 0.3) is 0 Å². The van der Waals surface area contributed by atoms with Gasteiger partial charge in [-0.15, -0.1) is 0 Å². The molecule has 0 fully saturated rings. The SMILES string of the molecule is CSCCC(NC(N)=O)C(=O)N(CCN(C)C)CC(=O)O. The molecule has 0 aliphatic heterocycles. The molecular weight excluding hydrogens is 296 g/mol. The summed E-state index contributed by atoms with van der Waals surface area (Å²) >= 11 is 1.53. The van der Waals surface area contributed by atoms with Crippen LogP contribution in [0.5, 0.6) is 0 Å². The highest BCUT2D eigenvalue weighted by molar-refractivity contribution is 7.98. The quantitative estimate of drug-likeness (QED) is 0.488. The molecule has 0 radical (unpaired) electrons. The van der Waals surface area contributed by atoms with Crippen LogP contribution in [0.25, 0.3) is 0 Å². The molecular formula is C12H24N4O4S. The lowest BCUT2D eigenvalue weighted by atomic mass is 10.2. The minimum absolute atomic E-state index is 0.272. The molecule has 21 heavy (non-hydrogen) atoms. The van der Waals surface area contributed by atoms with Gasteiger partial charge >= 0.3 is 12.0 Å². The Morgan fingerprint density at radius 1 is 1.29 bits per heavy atom. The van der Waals surface area contributed by atoms with Crippen molar-refractivity contribution < 1.29 is 19.5 Å². The number of rotatable bonds is 10. The molecule has 0 aliphatic rings. The second kappa shape index (κ2) is 10.3. The molecule has 1 unspecified atom stereocenters. The van der Waals surface area contributed by atoms with Crippen LogP contribution >= 0.6 is 11.8 Å². The minimum Gasteiger partial charge on any atom is -0.480 e. The van der Waals surface area contributed by atoms with Crippen LogP contribution in [0.4, 0.5) is 4.79 Å². The Balaban J connectivity index is 4.88. The number of likely N-dealkylation sites (N-methyl/N-ethyl adjacent to an activating group) is 1. The van der Waals surface area contributed by atoms with Crippen LogP contribution in [0.15, 0.2) is 0 Å². The van der Waals surface area contributed by atoms with Crippen molar-refractivity contribution in [2.24, 2.45) is 5.73 Å². The molecule has 9 heteroatoms. The first kappa shape index (κ1) is 19.5. The Kier molecular flexibility index (Phi) is 9.55. The van der Waals surface area contributed by atoms with Gasteiger partial charge in [0.05, 0.1) is 0 Å². The standard InChI is InChI=1S/C12H24N4O4S/c1-15(2)5-6-16(8-10(17)18)11(19)9(4-7-21-3)14-12(13)20/h9H,4-8H2,1-3H3,(H,17,18)(H3,13,14,20). The van der Waals surface area contributed by atoms with Gasteiger partial charge in [0.2, 0.25) is 5.91 Å². The van der Waals surface area contributed by atoms with Crippen molar-refractivity contribution in [2.75, 3.05) is 45.7 Å². The number of nitrogens with zero attached hydrogens (tertiary/aromatic N) is 2. The van der Waals surface area contributed by atoms with Gasteiger partial charge in [0.1, 0.15) is 12.6 Å². The number of aliphatic carboxylic acids is 1. The molecule has 8 nitrogen and oxygen atoms in total. The Morgan fingerprint density at radius 2 is 1.90 bits per heavy atom. The van der Waals surface area contributed by atoms with Crippen molar-refractivity contribution in [2.45, 2.75) is 12.5 Å². The molecule has 0 rings (SSSR count).